The summed E-state index contributed by atoms with van der Waals surface area (Å²) in [5, 5.41) is 5.22. The van der Waals surface area contributed by atoms with Crippen LogP contribution in [-0.4, -0.2) is 37.8 Å². The zero-order valence-electron chi connectivity index (χ0n) is 16.6. The number of rotatable bonds is 8. The molecular weight excluding hydrogens is 434 g/mol. The summed E-state index contributed by atoms with van der Waals surface area (Å²) < 4.78 is 7.09. The van der Waals surface area contributed by atoms with Gasteiger partial charge >= 0.3 is 0 Å². The van der Waals surface area contributed by atoms with Crippen LogP contribution in [0, 0.1) is 0 Å². The molecule has 10 heteroatoms. The standard InChI is InChI=1S/C21H19N5O3S2/c1-2-29-16-8-4-3-7-15(16)24-17(27)13-31-21-25-19-18(22-9-10-23-19)20(28)26(21)12-14-6-5-11-30-14/h3-11H,2,12-13H2,1H3,(H,24,27). The molecule has 0 radical (unpaired) electrons. The second-order valence-electron chi connectivity index (χ2n) is 6.36. The minimum absolute atomic E-state index is 0.0725. The van der Waals surface area contributed by atoms with Gasteiger partial charge in [0.1, 0.15) is 5.75 Å². The molecule has 0 spiro atoms. The van der Waals surface area contributed by atoms with E-state index in [0.717, 1.165) is 4.88 Å². The van der Waals surface area contributed by atoms with Crippen molar-refractivity contribution in [3.8, 4) is 5.75 Å². The number of nitrogens with zero attached hydrogens (tertiary/aromatic N) is 4. The third-order valence-corrected chi connectivity index (χ3v) is 6.08. The topological polar surface area (TPSA) is 99.0 Å². The number of fused-ring (bicyclic) bond motifs is 1. The lowest BCUT2D eigenvalue weighted by atomic mass is 10.3. The Hall–Kier alpha value is -3.24. The number of carbonyl (C=O) groups excluding carboxylic acids is 1. The molecule has 4 rings (SSSR count). The van der Waals surface area contributed by atoms with Crippen LogP contribution in [0.15, 0.2) is 64.1 Å². The quantitative estimate of drug-likeness (QED) is 0.322. The van der Waals surface area contributed by atoms with E-state index in [4.69, 9.17) is 4.74 Å². The highest BCUT2D eigenvalue weighted by molar-refractivity contribution is 7.99. The van der Waals surface area contributed by atoms with Gasteiger partial charge in [0.05, 0.1) is 24.6 Å². The fraction of sp³-hybridized carbons (Fsp3) is 0.190. The lowest BCUT2D eigenvalue weighted by molar-refractivity contribution is -0.113. The molecule has 1 aromatic carbocycles. The summed E-state index contributed by atoms with van der Waals surface area (Å²) in [7, 11) is 0. The molecule has 0 unspecified atom stereocenters. The maximum absolute atomic E-state index is 13.0. The van der Waals surface area contributed by atoms with Crippen LogP contribution in [0.1, 0.15) is 11.8 Å². The minimum Gasteiger partial charge on any atom is -0.492 e. The van der Waals surface area contributed by atoms with E-state index in [-0.39, 0.29) is 28.4 Å². The van der Waals surface area contributed by atoms with Crippen LogP contribution in [0.2, 0.25) is 0 Å². The fourth-order valence-corrected chi connectivity index (χ4v) is 4.38. The molecular formula is C21H19N5O3S2. The lowest BCUT2D eigenvalue weighted by Crippen LogP contribution is -2.25. The van der Waals surface area contributed by atoms with Gasteiger partial charge in [0, 0.05) is 17.3 Å². The van der Waals surface area contributed by atoms with Crippen molar-refractivity contribution in [2.45, 2.75) is 18.6 Å². The first kappa shape index (κ1) is 21.0. The summed E-state index contributed by atoms with van der Waals surface area (Å²) >= 11 is 2.73. The van der Waals surface area contributed by atoms with Gasteiger partial charge in [-0.3, -0.25) is 14.2 Å². The molecule has 1 amide bonds. The zero-order chi connectivity index (χ0) is 21.6. The number of anilines is 1. The molecule has 0 aliphatic heterocycles. The number of carbonyl (C=O) groups is 1. The highest BCUT2D eigenvalue weighted by Gasteiger charge is 2.16. The van der Waals surface area contributed by atoms with E-state index in [1.807, 2.05) is 36.6 Å². The Morgan fingerprint density at radius 1 is 1.19 bits per heavy atom. The maximum atomic E-state index is 13.0. The molecule has 31 heavy (non-hydrogen) atoms. The molecule has 0 saturated heterocycles. The molecule has 158 valence electrons. The predicted octanol–water partition coefficient (Wildman–Crippen LogP) is 3.43. The molecule has 0 atom stereocenters. The predicted molar refractivity (Wildman–Crippen MR) is 122 cm³/mol. The van der Waals surface area contributed by atoms with E-state index in [0.29, 0.717) is 29.7 Å². The van der Waals surface area contributed by atoms with Crippen LogP contribution in [0.4, 0.5) is 5.69 Å². The van der Waals surface area contributed by atoms with Crippen LogP contribution < -0.4 is 15.6 Å². The first-order valence-corrected chi connectivity index (χ1v) is 11.4. The van der Waals surface area contributed by atoms with Gasteiger partial charge in [-0.05, 0) is 30.5 Å². The maximum Gasteiger partial charge on any atom is 0.282 e. The number of hydrogen-bond donors (Lipinski definition) is 1. The van der Waals surface area contributed by atoms with Gasteiger partial charge in [0.2, 0.25) is 5.91 Å². The molecule has 0 fully saturated rings. The summed E-state index contributed by atoms with van der Waals surface area (Å²) in [5.41, 5.74) is 0.789. The van der Waals surface area contributed by atoms with Gasteiger partial charge < -0.3 is 10.1 Å². The van der Waals surface area contributed by atoms with Crippen molar-refractivity contribution in [2.75, 3.05) is 17.7 Å². The zero-order valence-corrected chi connectivity index (χ0v) is 18.3. The fourth-order valence-electron chi connectivity index (χ4n) is 2.90. The molecule has 1 N–H and O–H groups in total. The second kappa shape index (κ2) is 9.71. The van der Waals surface area contributed by atoms with Gasteiger partial charge in [-0.1, -0.05) is 30.0 Å². The lowest BCUT2D eigenvalue weighted by Gasteiger charge is -2.13. The third kappa shape index (κ3) is 4.92. The molecule has 0 bridgehead atoms. The van der Waals surface area contributed by atoms with E-state index in [2.05, 4.69) is 20.3 Å². The van der Waals surface area contributed by atoms with Crippen molar-refractivity contribution < 1.29 is 9.53 Å². The summed E-state index contributed by atoms with van der Waals surface area (Å²) in [5.74, 6) is 0.453. The van der Waals surface area contributed by atoms with Crippen LogP contribution in [0.5, 0.6) is 5.75 Å². The van der Waals surface area contributed by atoms with Gasteiger partial charge in [-0.2, -0.15) is 0 Å². The van der Waals surface area contributed by atoms with Crippen molar-refractivity contribution in [3.63, 3.8) is 0 Å². The number of amides is 1. The molecule has 3 heterocycles. The Labute approximate surface area is 186 Å². The number of ether oxygens (including phenoxy) is 1. The largest absolute Gasteiger partial charge is 0.492 e. The van der Waals surface area contributed by atoms with Crippen molar-refractivity contribution in [1.82, 2.24) is 19.5 Å². The normalized spacial score (nSPS) is 10.9. The number of aromatic nitrogens is 4. The summed E-state index contributed by atoms with van der Waals surface area (Å²) in [6, 6.07) is 11.1. The number of thiophene rings is 1. The number of benzene rings is 1. The van der Waals surface area contributed by atoms with Gasteiger partial charge in [-0.15, -0.1) is 11.3 Å². The Morgan fingerprint density at radius 3 is 2.84 bits per heavy atom. The number of para-hydroxylation sites is 2. The van der Waals surface area contributed by atoms with E-state index >= 15 is 0 Å². The van der Waals surface area contributed by atoms with E-state index in [9.17, 15) is 9.59 Å². The third-order valence-electron chi connectivity index (χ3n) is 4.25. The molecule has 3 aromatic heterocycles. The molecule has 8 nitrogen and oxygen atoms in total. The molecule has 0 aliphatic carbocycles. The van der Waals surface area contributed by atoms with E-state index in [1.165, 1.54) is 28.7 Å². The Balaban J connectivity index is 1.57. The molecule has 0 saturated carbocycles. The first-order valence-electron chi connectivity index (χ1n) is 9.54. The van der Waals surface area contributed by atoms with Crippen molar-refractivity contribution in [3.05, 3.63) is 69.4 Å². The summed E-state index contributed by atoms with van der Waals surface area (Å²) in [6.45, 7) is 2.74. The summed E-state index contributed by atoms with van der Waals surface area (Å²) in [6.07, 6.45) is 2.96. The average Bonchev–Trinajstić information content (AvgIpc) is 3.29. The van der Waals surface area contributed by atoms with Gasteiger partial charge in [0.15, 0.2) is 16.3 Å². The Bertz CT molecular complexity index is 1260. The smallest absolute Gasteiger partial charge is 0.282 e. The highest BCUT2D eigenvalue weighted by Crippen LogP contribution is 2.25. The van der Waals surface area contributed by atoms with Crippen LogP contribution in [-0.2, 0) is 11.3 Å². The van der Waals surface area contributed by atoms with Gasteiger partial charge in [0.25, 0.3) is 5.56 Å². The Morgan fingerprint density at radius 2 is 2.03 bits per heavy atom. The van der Waals surface area contributed by atoms with Gasteiger partial charge in [-0.25, -0.2) is 15.0 Å². The highest BCUT2D eigenvalue weighted by atomic mass is 32.2. The van der Waals surface area contributed by atoms with Crippen molar-refractivity contribution in [1.29, 1.82) is 0 Å². The van der Waals surface area contributed by atoms with E-state index in [1.54, 1.807) is 23.5 Å². The molecule has 0 aliphatic rings. The second-order valence-corrected chi connectivity index (χ2v) is 8.33. The number of hydrogen-bond acceptors (Lipinski definition) is 8. The van der Waals surface area contributed by atoms with Crippen LogP contribution in [0.3, 0.4) is 0 Å². The van der Waals surface area contributed by atoms with Crippen molar-refractivity contribution >= 4 is 45.9 Å². The number of thioether (sulfide) groups is 1. The average molecular weight is 454 g/mol. The molecule has 4 aromatic rings. The first-order chi connectivity index (χ1) is 15.2. The van der Waals surface area contributed by atoms with Crippen LogP contribution >= 0.6 is 23.1 Å². The van der Waals surface area contributed by atoms with E-state index < -0.39 is 0 Å². The van der Waals surface area contributed by atoms with Crippen LogP contribution in [0.25, 0.3) is 11.2 Å². The number of nitrogens with one attached hydrogen (secondary N) is 1. The SMILES string of the molecule is CCOc1ccccc1NC(=O)CSc1nc2nccnc2c(=O)n1Cc1cccs1. The van der Waals surface area contributed by atoms with Crippen molar-refractivity contribution in [2.24, 2.45) is 0 Å². The summed E-state index contributed by atoms with van der Waals surface area (Å²) in [4.78, 5) is 39.4. The monoisotopic (exact) mass is 453 g/mol. The Kier molecular flexibility index (Phi) is 6.58. The minimum atomic E-state index is -0.281.